The molecule has 1 aromatic heterocycles. The minimum Gasteiger partial charge on any atom is -0.310 e. The van der Waals surface area contributed by atoms with Crippen LogP contribution in [0.25, 0.3) is 33.8 Å². The van der Waals surface area contributed by atoms with Gasteiger partial charge in [0.15, 0.2) is 0 Å². The van der Waals surface area contributed by atoms with Gasteiger partial charge in [-0.2, -0.15) is 0 Å². The van der Waals surface area contributed by atoms with Gasteiger partial charge in [0.05, 0.1) is 5.52 Å². The highest BCUT2D eigenvalue weighted by molar-refractivity contribution is 5.97. The van der Waals surface area contributed by atoms with Crippen molar-refractivity contribution in [2.75, 3.05) is 0 Å². The van der Waals surface area contributed by atoms with Gasteiger partial charge in [-0.1, -0.05) is 61.9 Å². The normalized spacial score (nSPS) is 16.0. The Balaban J connectivity index is 1.73. The Hall–Kier alpha value is -3.06. The molecule has 29 heavy (non-hydrogen) atoms. The van der Waals surface area contributed by atoms with Crippen LogP contribution in [0.5, 0.6) is 0 Å². The molecular weight excluding hydrogens is 350 g/mol. The molecule has 1 heterocycles. The van der Waals surface area contributed by atoms with Crippen molar-refractivity contribution in [2.45, 2.75) is 39.0 Å². The summed E-state index contributed by atoms with van der Waals surface area (Å²) in [4.78, 5) is 0. The topological polar surface area (TPSA) is 4.93 Å². The van der Waals surface area contributed by atoms with Gasteiger partial charge in [-0.05, 0) is 77.9 Å². The molecule has 2 aliphatic carbocycles. The zero-order valence-corrected chi connectivity index (χ0v) is 17.3. The van der Waals surface area contributed by atoms with E-state index in [-0.39, 0.29) is 5.41 Å². The second kappa shape index (κ2) is 5.73. The van der Waals surface area contributed by atoms with Crippen LogP contribution >= 0.6 is 0 Å². The number of nitrogens with zero attached hydrogens (tertiary/aromatic N) is 1. The fourth-order valence-electron chi connectivity index (χ4n) is 5.40. The van der Waals surface area contributed by atoms with Gasteiger partial charge in [0.2, 0.25) is 0 Å². The minimum absolute atomic E-state index is 0.0451. The average molecular weight is 376 g/mol. The number of fused-ring (bicyclic) bond motifs is 6. The number of allylic oxidation sites excluding steroid dienone is 1. The van der Waals surface area contributed by atoms with E-state index in [0.29, 0.717) is 0 Å². The Kier molecular flexibility index (Phi) is 3.33. The van der Waals surface area contributed by atoms with Gasteiger partial charge in [0, 0.05) is 22.2 Å². The third-order valence-electron chi connectivity index (χ3n) is 6.94. The summed E-state index contributed by atoms with van der Waals surface area (Å²) < 4.78 is 2.47. The first-order valence-electron chi connectivity index (χ1n) is 10.6. The first-order valence-corrected chi connectivity index (χ1v) is 10.6. The predicted molar refractivity (Wildman–Crippen MR) is 123 cm³/mol. The molecule has 0 unspecified atom stereocenters. The Bertz CT molecular complexity index is 1310. The van der Waals surface area contributed by atoms with Gasteiger partial charge < -0.3 is 4.57 Å². The highest BCUT2D eigenvalue weighted by atomic mass is 15.0. The standard InChI is InChI=1S/C28H25N/c1-18-12-14-19(15-13-18)29-26-11-7-5-9-21(26)23-16-25-22(17-27(23)29)20-8-4-6-10-24(20)28(25,2)3/h4,6-8,10-17H,5,9H2,1-3H3. The number of rotatable bonds is 1. The largest absolute Gasteiger partial charge is 0.310 e. The second-order valence-corrected chi connectivity index (χ2v) is 9.06. The molecule has 0 radical (unpaired) electrons. The third kappa shape index (κ3) is 2.22. The third-order valence-corrected chi connectivity index (χ3v) is 6.94. The van der Waals surface area contributed by atoms with Crippen LogP contribution in [0.15, 0.2) is 66.7 Å². The summed E-state index contributed by atoms with van der Waals surface area (Å²) in [6.07, 6.45) is 6.88. The van der Waals surface area contributed by atoms with Crippen molar-refractivity contribution < 1.29 is 0 Å². The lowest BCUT2D eigenvalue weighted by molar-refractivity contribution is 0.661. The van der Waals surface area contributed by atoms with Gasteiger partial charge in [0.1, 0.15) is 0 Å². The summed E-state index contributed by atoms with van der Waals surface area (Å²) in [5.41, 5.74) is 12.5. The summed E-state index contributed by atoms with van der Waals surface area (Å²) >= 11 is 0. The van der Waals surface area contributed by atoms with Crippen molar-refractivity contribution >= 4 is 17.0 Å². The molecule has 142 valence electrons. The Labute approximate surface area is 172 Å². The first kappa shape index (κ1) is 16.9. The predicted octanol–water partition coefficient (Wildman–Crippen LogP) is 7.20. The maximum Gasteiger partial charge on any atom is 0.0544 e. The van der Waals surface area contributed by atoms with Crippen LogP contribution in [0, 0.1) is 6.92 Å². The van der Waals surface area contributed by atoms with E-state index in [1.807, 2.05) is 0 Å². The molecule has 0 bridgehead atoms. The van der Waals surface area contributed by atoms with Crippen LogP contribution in [-0.4, -0.2) is 4.57 Å². The highest BCUT2D eigenvalue weighted by Gasteiger charge is 2.36. The number of aryl methyl sites for hydroxylation is 2. The molecule has 0 amide bonds. The summed E-state index contributed by atoms with van der Waals surface area (Å²) in [6.45, 7) is 6.89. The van der Waals surface area contributed by atoms with Crippen LogP contribution in [0.1, 0.15) is 48.2 Å². The van der Waals surface area contributed by atoms with Crippen LogP contribution in [0.4, 0.5) is 0 Å². The van der Waals surface area contributed by atoms with Gasteiger partial charge in [-0.15, -0.1) is 0 Å². The first-order chi connectivity index (χ1) is 14.1. The van der Waals surface area contributed by atoms with E-state index in [1.165, 1.54) is 55.7 Å². The van der Waals surface area contributed by atoms with Crippen molar-refractivity contribution in [3.63, 3.8) is 0 Å². The van der Waals surface area contributed by atoms with Crippen LogP contribution in [0.2, 0.25) is 0 Å². The van der Waals surface area contributed by atoms with Gasteiger partial charge >= 0.3 is 0 Å². The molecule has 1 heteroatoms. The zero-order chi connectivity index (χ0) is 19.8. The van der Waals surface area contributed by atoms with Crippen LogP contribution in [-0.2, 0) is 11.8 Å². The number of hydrogen-bond acceptors (Lipinski definition) is 0. The molecule has 0 saturated heterocycles. The summed E-state index contributed by atoms with van der Waals surface area (Å²) in [7, 11) is 0. The maximum absolute atomic E-state index is 2.49. The Morgan fingerprint density at radius 1 is 0.862 bits per heavy atom. The smallest absolute Gasteiger partial charge is 0.0544 e. The maximum atomic E-state index is 2.49. The van der Waals surface area contributed by atoms with Crippen molar-refractivity contribution in [3.05, 3.63) is 94.7 Å². The Morgan fingerprint density at radius 2 is 1.66 bits per heavy atom. The molecule has 2 aliphatic rings. The quantitative estimate of drug-likeness (QED) is 0.331. The van der Waals surface area contributed by atoms with Gasteiger partial charge in [-0.25, -0.2) is 0 Å². The van der Waals surface area contributed by atoms with Gasteiger partial charge in [-0.3, -0.25) is 0 Å². The van der Waals surface area contributed by atoms with E-state index in [1.54, 1.807) is 0 Å². The molecule has 3 aromatic carbocycles. The lowest BCUT2D eigenvalue weighted by Crippen LogP contribution is -2.14. The summed E-state index contributed by atoms with van der Waals surface area (Å²) in [5, 5.41) is 1.42. The minimum atomic E-state index is 0.0451. The molecule has 4 aromatic rings. The zero-order valence-electron chi connectivity index (χ0n) is 17.3. The average Bonchev–Trinajstić information content (AvgIpc) is 3.18. The molecule has 0 saturated carbocycles. The van der Waals surface area contributed by atoms with Crippen LogP contribution in [0.3, 0.4) is 0 Å². The molecule has 1 nitrogen and oxygen atoms in total. The van der Waals surface area contributed by atoms with Crippen LogP contribution < -0.4 is 0 Å². The van der Waals surface area contributed by atoms with E-state index in [0.717, 1.165) is 12.8 Å². The molecule has 0 spiro atoms. The molecule has 6 rings (SSSR count). The van der Waals surface area contributed by atoms with E-state index < -0.39 is 0 Å². The molecular formula is C28H25N. The number of aromatic nitrogens is 1. The molecule has 0 N–H and O–H groups in total. The monoisotopic (exact) mass is 375 g/mol. The van der Waals surface area contributed by atoms with E-state index >= 15 is 0 Å². The van der Waals surface area contributed by atoms with Crippen molar-refractivity contribution in [1.29, 1.82) is 0 Å². The second-order valence-electron chi connectivity index (χ2n) is 9.06. The van der Waals surface area contributed by atoms with Gasteiger partial charge in [0.25, 0.3) is 0 Å². The van der Waals surface area contributed by atoms with E-state index in [2.05, 4.69) is 98.2 Å². The molecule has 0 fully saturated rings. The van der Waals surface area contributed by atoms with Crippen molar-refractivity contribution in [1.82, 2.24) is 4.57 Å². The van der Waals surface area contributed by atoms with E-state index in [4.69, 9.17) is 0 Å². The summed E-state index contributed by atoms with van der Waals surface area (Å²) in [5.74, 6) is 0. The lowest BCUT2D eigenvalue weighted by Gasteiger charge is -2.21. The summed E-state index contributed by atoms with van der Waals surface area (Å²) in [6, 6.07) is 22.8. The fourth-order valence-corrected chi connectivity index (χ4v) is 5.40. The SMILES string of the molecule is Cc1ccc(-n2c3c(c4cc5c(cc42)-c2ccccc2C5(C)C)CCC=C3)cc1. The van der Waals surface area contributed by atoms with E-state index in [9.17, 15) is 0 Å². The number of benzene rings is 3. The molecule has 0 aliphatic heterocycles. The number of hydrogen-bond donors (Lipinski definition) is 0. The Morgan fingerprint density at radius 3 is 2.48 bits per heavy atom. The van der Waals surface area contributed by atoms with Crippen molar-refractivity contribution in [3.8, 4) is 16.8 Å². The van der Waals surface area contributed by atoms with Crippen molar-refractivity contribution in [2.24, 2.45) is 0 Å². The highest BCUT2D eigenvalue weighted by Crippen LogP contribution is 2.50. The fraction of sp³-hybridized carbons (Fsp3) is 0.214. The lowest BCUT2D eigenvalue weighted by atomic mass is 9.82. The molecule has 0 atom stereocenters.